The third-order valence-corrected chi connectivity index (χ3v) is 7.51. The van der Waals surface area contributed by atoms with Gasteiger partial charge in [-0.25, -0.2) is 0 Å². The summed E-state index contributed by atoms with van der Waals surface area (Å²) in [5, 5.41) is 4.72. The number of hydrogen-bond donors (Lipinski definition) is 1. The number of rotatable bonds is 7. The Kier molecular flexibility index (Phi) is 6.66. The molecule has 5 rings (SSSR count). The van der Waals surface area contributed by atoms with Crippen molar-refractivity contribution in [2.75, 3.05) is 12.4 Å². The molecule has 5 aromatic rings. The lowest BCUT2D eigenvalue weighted by Crippen LogP contribution is -2.47. The lowest BCUT2D eigenvalue weighted by molar-refractivity contribution is -0.146. The van der Waals surface area contributed by atoms with E-state index < -0.39 is 11.5 Å². The van der Waals surface area contributed by atoms with Crippen molar-refractivity contribution in [2.24, 2.45) is 7.05 Å². The van der Waals surface area contributed by atoms with Crippen LogP contribution in [0.1, 0.15) is 22.7 Å². The summed E-state index contributed by atoms with van der Waals surface area (Å²) in [5.41, 5.74) is 3.41. The first-order valence-electron chi connectivity index (χ1n) is 11.8. The van der Waals surface area contributed by atoms with Crippen molar-refractivity contribution in [1.29, 1.82) is 0 Å². The number of halogens is 1. The van der Waals surface area contributed by atoms with Gasteiger partial charge in [-0.15, -0.1) is 0 Å². The number of carbonyl (C=O) groups is 1. The number of aryl methyl sites for hydroxylation is 1. The number of para-hydroxylation sites is 2. The predicted octanol–water partition coefficient (Wildman–Crippen LogP) is 7.25. The number of ether oxygens (including phenoxy) is 1. The first kappa shape index (κ1) is 23.9. The Balaban J connectivity index is 1.92. The summed E-state index contributed by atoms with van der Waals surface area (Å²) in [6.45, 7) is 0. The molecule has 0 unspecified atom stereocenters. The Morgan fingerprint density at radius 3 is 2.17 bits per heavy atom. The molecule has 0 fully saturated rings. The lowest BCUT2D eigenvalue weighted by atomic mass is 9.66. The first-order valence-corrected chi connectivity index (χ1v) is 12.6. The molecule has 0 aliphatic heterocycles. The van der Waals surface area contributed by atoms with Gasteiger partial charge in [0.2, 0.25) is 0 Å². The van der Waals surface area contributed by atoms with Crippen LogP contribution in [0.15, 0.2) is 120 Å². The van der Waals surface area contributed by atoms with Gasteiger partial charge in [-0.3, -0.25) is 4.79 Å². The number of benzene rings is 4. The van der Waals surface area contributed by atoms with Gasteiger partial charge in [0.1, 0.15) is 5.41 Å². The zero-order chi connectivity index (χ0) is 25.1. The molecular weight excluding hydrogens is 512 g/mol. The molecule has 4 nitrogen and oxygen atoms in total. The highest BCUT2D eigenvalue weighted by atomic mass is 79.9. The predicted molar refractivity (Wildman–Crippen MR) is 149 cm³/mol. The van der Waals surface area contributed by atoms with Gasteiger partial charge in [0, 0.05) is 39.9 Å². The summed E-state index contributed by atoms with van der Waals surface area (Å²) in [7, 11) is 3.47. The molecule has 0 saturated carbocycles. The fourth-order valence-electron chi connectivity index (χ4n) is 5.17. The molecular formula is C31H27BrN2O2. The average Bonchev–Trinajstić information content (AvgIpc) is 3.26. The van der Waals surface area contributed by atoms with E-state index in [-0.39, 0.29) is 5.97 Å². The lowest BCUT2D eigenvalue weighted by Gasteiger charge is -2.40. The Hall–Kier alpha value is -3.83. The minimum atomic E-state index is -1.21. The zero-order valence-electron chi connectivity index (χ0n) is 20.2. The number of esters is 1. The van der Waals surface area contributed by atoms with Crippen LogP contribution in [-0.2, 0) is 22.0 Å². The van der Waals surface area contributed by atoms with Gasteiger partial charge >= 0.3 is 5.97 Å². The van der Waals surface area contributed by atoms with Crippen LogP contribution in [0, 0.1) is 0 Å². The molecule has 0 radical (unpaired) electrons. The second kappa shape index (κ2) is 10.0. The van der Waals surface area contributed by atoms with Crippen molar-refractivity contribution >= 4 is 38.5 Å². The fraction of sp³-hybridized carbons (Fsp3) is 0.129. The highest BCUT2D eigenvalue weighted by Crippen LogP contribution is 2.50. The van der Waals surface area contributed by atoms with E-state index in [1.165, 1.54) is 7.11 Å². The van der Waals surface area contributed by atoms with Crippen LogP contribution >= 0.6 is 15.9 Å². The smallest absolute Gasteiger partial charge is 0.323 e. The quantitative estimate of drug-likeness (QED) is 0.222. The first-order chi connectivity index (χ1) is 17.6. The molecule has 2 atom stereocenters. The number of carbonyl (C=O) groups excluding carboxylic acids is 1. The second-order valence-electron chi connectivity index (χ2n) is 8.80. The van der Waals surface area contributed by atoms with E-state index in [9.17, 15) is 4.79 Å². The molecule has 0 aliphatic rings. The van der Waals surface area contributed by atoms with Crippen molar-refractivity contribution in [1.82, 2.24) is 4.57 Å². The van der Waals surface area contributed by atoms with E-state index in [2.05, 4.69) is 50.2 Å². The number of aromatic nitrogens is 1. The zero-order valence-corrected chi connectivity index (χ0v) is 21.8. The number of methoxy groups -OCH3 is 1. The largest absolute Gasteiger partial charge is 0.468 e. The summed E-state index contributed by atoms with van der Waals surface area (Å²) < 4.78 is 8.64. The maximum absolute atomic E-state index is 14.3. The molecule has 5 heteroatoms. The number of anilines is 1. The van der Waals surface area contributed by atoms with Crippen LogP contribution in [0.5, 0.6) is 0 Å². The molecule has 0 bridgehead atoms. The van der Waals surface area contributed by atoms with Crippen LogP contribution in [0.25, 0.3) is 10.9 Å². The average molecular weight is 539 g/mol. The SMILES string of the molecule is COC(=O)[C@](c1ccccc1)(c1cn(C)c2ccccc12)[C@H](Nc1ccccc1)c1ccccc1Br. The normalized spacial score (nSPS) is 13.6. The molecule has 1 N–H and O–H groups in total. The highest BCUT2D eigenvalue weighted by Gasteiger charge is 2.52. The van der Waals surface area contributed by atoms with Gasteiger partial charge in [-0.2, -0.15) is 0 Å². The van der Waals surface area contributed by atoms with Crippen molar-refractivity contribution in [3.63, 3.8) is 0 Å². The molecule has 36 heavy (non-hydrogen) atoms. The van der Waals surface area contributed by atoms with Crippen molar-refractivity contribution in [3.8, 4) is 0 Å². The van der Waals surface area contributed by atoms with Crippen LogP contribution in [0.4, 0.5) is 5.69 Å². The molecule has 0 amide bonds. The van der Waals surface area contributed by atoms with E-state index in [0.717, 1.165) is 37.8 Å². The molecule has 0 saturated heterocycles. The van der Waals surface area contributed by atoms with E-state index in [0.29, 0.717) is 0 Å². The third kappa shape index (κ3) is 3.99. The molecule has 0 spiro atoms. The summed E-state index contributed by atoms with van der Waals surface area (Å²) in [6.07, 6.45) is 2.06. The minimum absolute atomic E-state index is 0.339. The van der Waals surface area contributed by atoms with Crippen LogP contribution in [-0.4, -0.2) is 17.6 Å². The number of hydrogen-bond acceptors (Lipinski definition) is 3. The Morgan fingerprint density at radius 1 is 0.861 bits per heavy atom. The van der Waals surface area contributed by atoms with Gasteiger partial charge in [-0.05, 0) is 35.4 Å². The van der Waals surface area contributed by atoms with E-state index in [4.69, 9.17) is 4.74 Å². The Morgan fingerprint density at radius 2 is 1.47 bits per heavy atom. The maximum atomic E-state index is 14.3. The van der Waals surface area contributed by atoms with Crippen molar-refractivity contribution in [3.05, 3.63) is 137 Å². The summed E-state index contributed by atoms with van der Waals surface area (Å²) in [4.78, 5) is 14.3. The number of fused-ring (bicyclic) bond motifs is 1. The summed E-state index contributed by atoms with van der Waals surface area (Å²) in [5.74, 6) is -0.339. The molecule has 4 aromatic carbocycles. The summed E-state index contributed by atoms with van der Waals surface area (Å²) in [6, 6.07) is 35.6. The number of nitrogens with one attached hydrogen (secondary N) is 1. The van der Waals surface area contributed by atoms with Gasteiger partial charge in [0.05, 0.1) is 13.2 Å². The van der Waals surface area contributed by atoms with Crippen molar-refractivity contribution in [2.45, 2.75) is 11.5 Å². The van der Waals surface area contributed by atoms with Gasteiger partial charge < -0.3 is 14.6 Å². The van der Waals surface area contributed by atoms with Crippen molar-refractivity contribution < 1.29 is 9.53 Å². The molecule has 180 valence electrons. The van der Waals surface area contributed by atoms with E-state index >= 15 is 0 Å². The summed E-state index contributed by atoms with van der Waals surface area (Å²) >= 11 is 3.78. The Bertz CT molecular complexity index is 1500. The second-order valence-corrected chi connectivity index (χ2v) is 9.66. The van der Waals surface area contributed by atoms with Crippen LogP contribution in [0.3, 0.4) is 0 Å². The molecule has 0 aliphatic carbocycles. The fourth-order valence-corrected chi connectivity index (χ4v) is 5.68. The topological polar surface area (TPSA) is 43.3 Å². The standard InChI is InChI=1S/C31H27BrN2O2/c1-34-21-26(24-17-10-12-20-28(24)34)31(30(35)36-2,22-13-5-3-6-14-22)29(25-18-9-11-19-27(25)32)33-23-15-7-4-8-16-23/h3-21,29,33H,1-2H3/t29-,31-/m1/s1. The van der Waals surface area contributed by atoms with Gasteiger partial charge in [-0.1, -0.05) is 101 Å². The number of nitrogens with zero attached hydrogens (tertiary/aromatic N) is 1. The third-order valence-electron chi connectivity index (χ3n) is 6.79. The molecule has 1 heterocycles. The van der Waals surface area contributed by atoms with E-state index in [1.807, 2.05) is 98.0 Å². The van der Waals surface area contributed by atoms with Gasteiger partial charge in [0.25, 0.3) is 0 Å². The minimum Gasteiger partial charge on any atom is -0.468 e. The van der Waals surface area contributed by atoms with Crippen LogP contribution < -0.4 is 5.32 Å². The van der Waals surface area contributed by atoms with Crippen LogP contribution in [0.2, 0.25) is 0 Å². The monoisotopic (exact) mass is 538 g/mol. The Labute approximate surface area is 219 Å². The maximum Gasteiger partial charge on any atom is 0.323 e. The van der Waals surface area contributed by atoms with Gasteiger partial charge in [0.15, 0.2) is 0 Å². The highest BCUT2D eigenvalue weighted by molar-refractivity contribution is 9.10. The van der Waals surface area contributed by atoms with E-state index in [1.54, 1.807) is 0 Å². The molecule has 1 aromatic heterocycles.